The fourth-order valence-electron chi connectivity index (χ4n) is 1.40. The lowest BCUT2D eigenvalue weighted by atomic mass is 10.0. The predicted octanol–water partition coefficient (Wildman–Crippen LogP) is -0.838. The van der Waals surface area contributed by atoms with Crippen LogP contribution in [0.3, 0.4) is 0 Å². The van der Waals surface area contributed by atoms with Gasteiger partial charge in [-0.25, -0.2) is 4.79 Å². The summed E-state index contributed by atoms with van der Waals surface area (Å²) >= 11 is 0. The van der Waals surface area contributed by atoms with Crippen molar-refractivity contribution in [2.45, 2.75) is 12.5 Å². The maximum Gasteiger partial charge on any atom is 0.338 e. The summed E-state index contributed by atoms with van der Waals surface area (Å²) in [7, 11) is 0. The highest BCUT2D eigenvalue weighted by Crippen LogP contribution is 2.07. The average molecular weight is 279 g/mol. The molecule has 1 aromatic rings. The van der Waals surface area contributed by atoms with Gasteiger partial charge >= 0.3 is 5.97 Å². The molecule has 0 saturated carbocycles. The Labute approximate surface area is 116 Å². The number of esters is 1. The van der Waals surface area contributed by atoms with E-state index in [2.05, 4.69) is 5.32 Å². The van der Waals surface area contributed by atoms with E-state index < -0.39 is 23.3 Å². The van der Waals surface area contributed by atoms with Gasteiger partial charge in [0.25, 0.3) is 0 Å². The number of carbonyl (C=O) groups excluding carboxylic acids is 3. The van der Waals surface area contributed by atoms with Crippen molar-refractivity contribution < 1.29 is 19.1 Å². The van der Waals surface area contributed by atoms with Gasteiger partial charge in [-0.2, -0.15) is 0 Å². The number of benzene rings is 1. The van der Waals surface area contributed by atoms with Crippen LogP contribution in [0.1, 0.15) is 17.3 Å². The molecule has 1 rings (SSSR count). The predicted molar refractivity (Wildman–Crippen MR) is 71.5 cm³/mol. The molecule has 5 N–H and O–H groups in total. The van der Waals surface area contributed by atoms with Gasteiger partial charge in [0, 0.05) is 0 Å². The van der Waals surface area contributed by atoms with Crippen LogP contribution in [-0.4, -0.2) is 36.5 Å². The Hall–Kier alpha value is -2.41. The van der Waals surface area contributed by atoms with Crippen LogP contribution in [0.2, 0.25) is 0 Å². The van der Waals surface area contributed by atoms with Crippen LogP contribution >= 0.6 is 0 Å². The van der Waals surface area contributed by atoms with Crippen LogP contribution in [0.4, 0.5) is 0 Å². The standard InChI is InChI=1S/C13H17N3O4/c1-13(12(15)19,16-10(17)7-14)8-20-11(18)9-5-3-2-4-6-9/h2-6H,7-8,14H2,1H3,(H2,15,19)(H,16,17). The summed E-state index contributed by atoms with van der Waals surface area (Å²) < 4.78 is 5.00. The van der Waals surface area contributed by atoms with Crippen LogP contribution in [0.25, 0.3) is 0 Å². The van der Waals surface area contributed by atoms with Gasteiger partial charge in [0.1, 0.15) is 6.61 Å². The Kier molecular flexibility index (Phi) is 5.22. The minimum absolute atomic E-state index is 0.296. The topological polar surface area (TPSA) is 125 Å². The Morgan fingerprint density at radius 1 is 1.25 bits per heavy atom. The molecule has 0 fully saturated rings. The zero-order valence-electron chi connectivity index (χ0n) is 11.1. The minimum Gasteiger partial charge on any atom is -0.459 e. The average Bonchev–Trinajstić information content (AvgIpc) is 2.45. The van der Waals surface area contributed by atoms with Crippen LogP contribution < -0.4 is 16.8 Å². The van der Waals surface area contributed by atoms with Crippen LogP contribution in [-0.2, 0) is 14.3 Å². The molecule has 0 bridgehead atoms. The summed E-state index contributed by atoms with van der Waals surface area (Å²) in [5, 5.41) is 2.33. The lowest BCUT2D eigenvalue weighted by molar-refractivity contribution is -0.132. The van der Waals surface area contributed by atoms with E-state index in [0.717, 1.165) is 0 Å². The Bertz CT molecular complexity index is 504. The molecular weight excluding hydrogens is 262 g/mol. The number of hydrogen-bond acceptors (Lipinski definition) is 5. The van der Waals surface area contributed by atoms with E-state index >= 15 is 0 Å². The summed E-state index contributed by atoms with van der Waals surface area (Å²) in [4.78, 5) is 34.4. The molecule has 0 heterocycles. The second-order valence-corrected chi connectivity index (χ2v) is 4.39. The van der Waals surface area contributed by atoms with E-state index in [1.54, 1.807) is 30.3 Å². The van der Waals surface area contributed by atoms with Crippen molar-refractivity contribution in [3.8, 4) is 0 Å². The van der Waals surface area contributed by atoms with E-state index in [1.807, 2.05) is 0 Å². The molecular formula is C13H17N3O4. The summed E-state index contributed by atoms with van der Waals surface area (Å²) in [5.74, 6) is -2.00. The second kappa shape index (κ2) is 6.67. The minimum atomic E-state index is -1.50. The van der Waals surface area contributed by atoms with Crippen LogP contribution in [0, 0.1) is 0 Å². The molecule has 0 aliphatic heterocycles. The Morgan fingerprint density at radius 3 is 2.35 bits per heavy atom. The fourth-order valence-corrected chi connectivity index (χ4v) is 1.40. The first-order valence-corrected chi connectivity index (χ1v) is 5.92. The Morgan fingerprint density at radius 2 is 1.85 bits per heavy atom. The third kappa shape index (κ3) is 4.06. The number of nitrogens with two attached hydrogens (primary N) is 2. The smallest absolute Gasteiger partial charge is 0.338 e. The zero-order valence-corrected chi connectivity index (χ0v) is 11.1. The SMILES string of the molecule is CC(COC(=O)c1ccccc1)(NC(=O)CN)C(N)=O. The normalized spacial score (nSPS) is 13.1. The van der Waals surface area contributed by atoms with Crippen LogP contribution in [0.15, 0.2) is 30.3 Å². The van der Waals surface area contributed by atoms with E-state index in [9.17, 15) is 14.4 Å². The highest BCUT2D eigenvalue weighted by Gasteiger charge is 2.34. The number of rotatable bonds is 6. The van der Waals surface area contributed by atoms with E-state index in [4.69, 9.17) is 16.2 Å². The fraction of sp³-hybridized carbons (Fsp3) is 0.308. The molecule has 7 nitrogen and oxygen atoms in total. The Balaban J connectivity index is 2.70. The third-order valence-corrected chi connectivity index (χ3v) is 2.65. The molecule has 108 valence electrons. The van der Waals surface area contributed by atoms with Crippen molar-refractivity contribution >= 4 is 17.8 Å². The van der Waals surface area contributed by atoms with E-state index in [1.165, 1.54) is 6.92 Å². The van der Waals surface area contributed by atoms with Gasteiger partial charge in [-0.15, -0.1) is 0 Å². The van der Waals surface area contributed by atoms with Crippen molar-refractivity contribution in [1.82, 2.24) is 5.32 Å². The quantitative estimate of drug-likeness (QED) is 0.586. The van der Waals surface area contributed by atoms with Gasteiger partial charge in [0.05, 0.1) is 12.1 Å². The van der Waals surface area contributed by atoms with Crippen molar-refractivity contribution in [2.24, 2.45) is 11.5 Å². The van der Waals surface area contributed by atoms with Gasteiger partial charge < -0.3 is 21.5 Å². The summed E-state index contributed by atoms with van der Waals surface area (Å²) in [6.45, 7) is 0.693. The number of nitrogens with one attached hydrogen (secondary N) is 1. The molecule has 0 aliphatic rings. The van der Waals surface area contributed by atoms with Gasteiger partial charge in [-0.3, -0.25) is 9.59 Å². The highest BCUT2D eigenvalue weighted by atomic mass is 16.5. The molecule has 0 radical (unpaired) electrons. The first kappa shape index (κ1) is 15.6. The van der Waals surface area contributed by atoms with Gasteiger partial charge in [0.2, 0.25) is 11.8 Å². The van der Waals surface area contributed by atoms with Crippen LogP contribution in [0.5, 0.6) is 0 Å². The van der Waals surface area contributed by atoms with Crippen molar-refractivity contribution in [2.75, 3.05) is 13.2 Å². The molecule has 2 amide bonds. The van der Waals surface area contributed by atoms with Crippen molar-refractivity contribution in [3.63, 3.8) is 0 Å². The molecule has 0 aromatic heterocycles. The first-order valence-electron chi connectivity index (χ1n) is 5.92. The van der Waals surface area contributed by atoms with Gasteiger partial charge in [-0.05, 0) is 19.1 Å². The molecule has 0 spiro atoms. The summed E-state index contributed by atoms with van der Waals surface area (Å²) in [5.41, 5.74) is 9.21. The summed E-state index contributed by atoms with van der Waals surface area (Å²) in [6, 6.07) is 8.26. The molecule has 0 aliphatic carbocycles. The third-order valence-electron chi connectivity index (χ3n) is 2.65. The zero-order chi connectivity index (χ0) is 15.2. The number of amides is 2. The first-order chi connectivity index (χ1) is 9.39. The number of primary amides is 1. The second-order valence-electron chi connectivity index (χ2n) is 4.39. The molecule has 1 aromatic carbocycles. The maximum absolute atomic E-state index is 11.8. The van der Waals surface area contributed by atoms with E-state index in [-0.39, 0.29) is 13.2 Å². The molecule has 1 atom stereocenters. The highest BCUT2D eigenvalue weighted by molar-refractivity contribution is 5.92. The van der Waals surface area contributed by atoms with E-state index in [0.29, 0.717) is 5.56 Å². The molecule has 20 heavy (non-hydrogen) atoms. The monoisotopic (exact) mass is 279 g/mol. The molecule has 1 unspecified atom stereocenters. The van der Waals surface area contributed by atoms with Gasteiger partial charge in [0.15, 0.2) is 5.54 Å². The number of carbonyl (C=O) groups is 3. The van der Waals surface area contributed by atoms with Gasteiger partial charge in [-0.1, -0.05) is 18.2 Å². The number of ether oxygens (including phenoxy) is 1. The lowest BCUT2D eigenvalue weighted by Crippen LogP contribution is -2.59. The van der Waals surface area contributed by atoms with Crippen molar-refractivity contribution in [1.29, 1.82) is 0 Å². The largest absolute Gasteiger partial charge is 0.459 e. The molecule has 7 heteroatoms. The lowest BCUT2D eigenvalue weighted by Gasteiger charge is -2.26. The van der Waals surface area contributed by atoms with Crippen molar-refractivity contribution in [3.05, 3.63) is 35.9 Å². The maximum atomic E-state index is 11.8. The number of hydrogen-bond donors (Lipinski definition) is 3. The summed E-state index contributed by atoms with van der Waals surface area (Å²) in [6.07, 6.45) is 0. The molecule has 0 saturated heterocycles.